The summed E-state index contributed by atoms with van der Waals surface area (Å²) in [6, 6.07) is 7.60. The van der Waals surface area contributed by atoms with Crippen molar-refractivity contribution in [1.82, 2.24) is 9.46 Å². The van der Waals surface area contributed by atoms with Crippen molar-refractivity contribution in [2.24, 2.45) is 0 Å². The van der Waals surface area contributed by atoms with Crippen molar-refractivity contribution in [2.75, 3.05) is 23.7 Å². The number of benzene rings is 1. The van der Waals surface area contributed by atoms with Gasteiger partial charge in [-0.3, -0.25) is 4.79 Å². The van der Waals surface area contributed by atoms with Crippen molar-refractivity contribution in [1.29, 1.82) is 0 Å². The highest BCUT2D eigenvalue weighted by Crippen LogP contribution is 2.22. The molecule has 2 heterocycles. The van der Waals surface area contributed by atoms with Gasteiger partial charge in [-0.25, -0.2) is 8.42 Å². The molecule has 1 saturated heterocycles. The summed E-state index contributed by atoms with van der Waals surface area (Å²) in [5.41, 5.74) is 0.661. The van der Waals surface area contributed by atoms with E-state index in [0.717, 1.165) is 25.7 Å². The summed E-state index contributed by atoms with van der Waals surface area (Å²) in [5, 5.41) is 9.45. The van der Waals surface area contributed by atoms with Gasteiger partial charge >= 0.3 is 0 Å². The molecule has 1 amide bonds. The van der Waals surface area contributed by atoms with E-state index < -0.39 is 16.1 Å². The molecular weight excluding hydrogens is 380 g/mol. The number of carbonyl (C=O) groups is 1. The van der Waals surface area contributed by atoms with Gasteiger partial charge < -0.3 is 15.2 Å². The van der Waals surface area contributed by atoms with Crippen molar-refractivity contribution < 1.29 is 17.7 Å². The van der Waals surface area contributed by atoms with Gasteiger partial charge in [0.1, 0.15) is 11.8 Å². The fourth-order valence-electron chi connectivity index (χ4n) is 3.13. The summed E-state index contributed by atoms with van der Waals surface area (Å²) in [6.45, 7) is 4.60. The maximum Gasteiger partial charge on any atom is 0.247 e. The molecule has 0 radical (unpaired) electrons. The predicted molar refractivity (Wildman–Crippen MR) is 107 cm³/mol. The van der Waals surface area contributed by atoms with E-state index in [2.05, 4.69) is 15.8 Å². The third-order valence-electron chi connectivity index (χ3n) is 4.71. The third kappa shape index (κ3) is 4.90. The van der Waals surface area contributed by atoms with Crippen molar-refractivity contribution in [2.45, 2.75) is 50.5 Å². The molecule has 152 valence electrons. The molecule has 0 bridgehead atoms. The van der Waals surface area contributed by atoms with E-state index in [-0.39, 0.29) is 10.8 Å². The summed E-state index contributed by atoms with van der Waals surface area (Å²) in [6.07, 6.45) is 3.94. The van der Waals surface area contributed by atoms with Crippen molar-refractivity contribution in [3.05, 3.63) is 36.1 Å². The Morgan fingerprint density at radius 2 is 1.79 bits per heavy atom. The second-order valence-electron chi connectivity index (χ2n) is 7.02. The van der Waals surface area contributed by atoms with Crippen LogP contribution in [0.1, 0.15) is 38.4 Å². The topological polar surface area (TPSA) is 105 Å². The van der Waals surface area contributed by atoms with Crippen molar-refractivity contribution in [3.8, 4) is 0 Å². The fourth-order valence-corrected chi connectivity index (χ4v) is 4.65. The average Bonchev–Trinajstić information content (AvgIpc) is 2.91. The van der Waals surface area contributed by atoms with Gasteiger partial charge in [0, 0.05) is 24.8 Å². The van der Waals surface area contributed by atoms with Gasteiger partial charge in [0.2, 0.25) is 15.9 Å². The fraction of sp³-hybridized carbons (Fsp3) is 0.474. The molecule has 1 aliphatic rings. The van der Waals surface area contributed by atoms with Crippen LogP contribution in [0.3, 0.4) is 0 Å². The van der Waals surface area contributed by atoms with E-state index in [1.807, 2.05) is 0 Å². The lowest BCUT2D eigenvalue weighted by Crippen LogP contribution is -2.32. The summed E-state index contributed by atoms with van der Waals surface area (Å²) < 4.78 is 32.1. The molecular formula is C19H26N4O4S. The van der Waals surface area contributed by atoms with E-state index in [1.54, 1.807) is 48.5 Å². The summed E-state index contributed by atoms with van der Waals surface area (Å²) in [7, 11) is -3.48. The van der Waals surface area contributed by atoms with Gasteiger partial charge in [0.25, 0.3) is 0 Å². The number of aromatic nitrogens is 1. The van der Waals surface area contributed by atoms with Crippen LogP contribution < -0.4 is 10.6 Å². The minimum Gasteiger partial charge on any atom is -0.374 e. The Bertz CT molecular complexity index is 900. The zero-order chi connectivity index (χ0) is 20.1. The Kier molecular flexibility index (Phi) is 6.35. The molecule has 1 fully saturated rings. The summed E-state index contributed by atoms with van der Waals surface area (Å²) in [5.74, 6) is 0.696. The van der Waals surface area contributed by atoms with Crippen LogP contribution in [0.25, 0.3) is 0 Å². The summed E-state index contributed by atoms with van der Waals surface area (Å²) >= 11 is 0. The quantitative estimate of drug-likeness (QED) is 0.764. The first-order valence-corrected chi connectivity index (χ1v) is 10.9. The number of carbonyl (C=O) groups excluding carboxylic acids is 1. The monoisotopic (exact) mass is 406 g/mol. The molecule has 3 rings (SSSR count). The summed E-state index contributed by atoms with van der Waals surface area (Å²) in [4.78, 5) is 12.5. The molecule has 1 aromatic carbocycles. The van der Waals surface area contributed by atoms with Crippen LogP contribution in [0, 0.1) is 6.92 Å². The molecule has 2 N–H and O–H groups in total. The molecule has 8 nitrogen and oxygen atoms in total. The number of amides is 1. The molecule has 28 heavy (non-hydrogen) atoms. The molecule has 1 unspecified atom stereocenters. The maximum atomic E-state index is 12.8. The average molecular weight is 407 g/mol. The number of hydrogen-bond acceptors (Lipinski definition) is 6. The Balaban J connectivity index is 1.62. The highest BCUT2D eigenvalue weighted by Gasteiger charge is 2.25. The Morgan fingerprint density at radius 1 is 1.14 bits per heavy atom. The Morgan fingerprint density at radius 3 is 2.36 bits per heavy atom. The lowest BCUT2D eigenvalue weighted by molar-refractivity contribution is -0.116. The van der Waals surface area contributed by atoms with Crippen LogP contribution in [0.5, 0.6) is 0 Å². The smallest absolute Gasteiger partial charge is 0.247 e. The number of nitrogens with one attached hydrogen (secondary N) is 2. The number of hydrogen-bond donors (Lipinski definition) is 2. The standard InChI is InChI=1S/C19H26N4O4S/c1-14-13-18(22-27-14)21-19(24)15(2)20-16-7-9-17(10-8-16)28(25,26)23-11-5-3-4-6-12-23/h7-10,13,15,20H,3-6,11-12H2,1-2H3,(H,21,22,24). The molecule has 0 saturated carbocycles. The molecule has 1 aromatic heterocycles. The second-order valence-corrected chi connectivity index (χ2v) is 8.96. The molecule has 0 aliphatic carbocycles. The zero-order valence-electron chi connectivity index (χ0n) is 16.1. The van der Waals surface area contributed by atoms with Crippen LogP contribution in [0.4, 0.5) is 11.5 Å². The molecule has 2 aromatic rings. The van der Waals surface area contributed by atoms with Crippen LogP contribution >= 0.6 is 0 Å². The van der Waals surface area contributed by atoms with E-state index in [0.29, 0.717) is 30.4 Å². The minimum absolute atomic E-state index is 0.269. The van der Waals surface area contributed by atoms with Gasteiger partial charge in [-0.05, 0) is 51.0 Å². The first-order valence-electron chi connectivity index (χ1n) is 9.47. The Labute approximate surface area is 165 Å². The van der Waals surface area contributed by atoms with Crippen LogP contribution in [-0.2, 0) is 14.8 Å². The van der Waals surface area contributed by atoms with Crippen molar-refractivity contribution >= 4 is 27.4 Å². The van der Waals surface area contributed by atoms with E-state index in [1.165, 1.54) is 0 Å². The Hall–Kier alpha value is -2.39. The lowest BCUT2D eigenvalue weighted by atomic mass is 10.2. The van der Waals surface area contributed by atoms with Gasteiger partial charge in [0.15, 0.2) is 5.82 Å². The van der Waals surface area contributed by atoms with E-state index in [4.69, 9.17) is 4.52 Å². The molecule has 9 heteroatoms. The number of nitrogens with zero attached hydrogens (tertiary/aromatic N) is 2. The van der Waals surface area contributed by atoms with Crippen LogP contribution in [-0.4, -0.2) is 42.9 Å². The normalized spacial score (nSPS) is 16.9. The third-order valence-corrected chi connectivity index (χ3v) is 6.63. The molecule has 0 spiro atoms. The highest BCUT2D eigenvalue weighted by atomic mass is 32.2. The molecule has 1 atom stereocenters. The number of anilines is 2. The number of sulfonamides is 1. The van der Waals surface area contributed by atoms with Gasteiger partial charge in [0.05, 0.1) is 4.90 Å². The lowest BCUT2D eigenvalue weighted by Gasteiger charge is -2.20. The highest BCUT2D eigenvalue weighted by molar-refractivity contribution is 7.89. The second kappa shape index (κ2) is 8.74. The zero-order valence-corrected chi connectivity index (χ0v) is 17.0. The minimum atomic E-state index is -3.48. The predicted octanol–water partition coefficient (Wildman–Crippen LogP) is 2.99. The van der Waals surface area contributed by atoms with Crippen molar-refractivity contribution in [3.63, 3.8) is 0 Å². The van der Waals surface area contributed by atoms with Gasteiger partial charge in [-0.1, -0.05) is 18.0 Å². The largest absolute Gasteiger partial charge is 0.374 e. The first kappa shape index (κ1) is 20.3. The van der Waals surface area contributed by atoms with E-state index in [9.17, 15) is 13.2 Å². The first-order chi connectivity index (χ1) is 13.4. The molecule has 1 aliphatic heterocycles. The maximum absolute atomic E-state index is 12.8. The van der Waals surface area contributed by atoms with Gasteiger partial charge in [-0.2, -0.15) is 4.31 Å². The van der Waals surface area contributed by atoms with Crippen LogP contribution in [0.15, 0.2) is 39.8 Å². The number of rotatable bonds is 6. The number of aryl methyl sites for hydroxylation is 1. The van der Waals surface area contributed by atoms with E-state index >= 15 is 0 Å². The SMILES string of the molecule is Cc1cc(NC(=O)C(C)Nc2ccc(S(=O)(=O)N3CCCCCC3)cc2)no1. The van der Waals surface area contributed by atoms with Gasteiger partial charge in [-0.15, -0.1) is 0 Å². The van der Waals surface area contributed by atoms with Crippen LogP contribution in [0.2, 0.25) is 0 Å².